The molecule has 0 radical (unpaired) electrons. The van der Waals surface area contributed by atoms with Gasteiger partial charge in [-0.2, -0.15) is 0 Å². The molecule has 3 aromatic rings. The fourth-order valence-electron chi connectivity index (χ4n) is 3.26. The number of aliphatic hydroxyl groups is 2. The lowest BCUT2D eigenvalue weighted by atomic mass is 10.2. The third-order valence-corrected chi connectivity index (χ3v) is 5.13. The highest BCUT2D eigenvalue weighted by Crippen LogP contribution is 2.24. The summed E-state index contributed by atoms with van der Waals surface area (Å²) in [6, 6.07) is 15.6. The Labute approximate surface area is 219 Å². The molecule has 204 valence electrons. The lowest BCUT2D eigenvalue weighted by Crippen LogP contribution is -2.35. The molecule has 0 fully saturated rings. The summed E-state index contributed by atoms with van der Waals surface area (Å²) in [5.74, 6) is 1.36. The van der Waals surface area contributed by atoms with E-state index in [1.807, 2.05) is 58.2 Å². The molecular formula is C28H42N4O5. The molecule has 1 aromatic heterocycles. The lowest BCUT2D eigenvalue weighted by molar-refractivity contribution is -0.114. The van der Waals surface area contributed by atoms with Crippen LogP contribution in [-0.4, -0.2) is 71.7 Å². The zero-order chi connectivity index (χ0) is 27.2. The van der Waals surface area contributed by atoms with E-state index in [0.717, 1.165) is 22.3 Å². The van der Waals surface area contributed by atoms with Gasteiger partial charge >= 0.3 is 0 Å². The standard InChI is InChI=1S/C14H22N2O3.C14H20N2O2/c1-10(2)15-8-13(18)9-19-14-6-4-12(5-7-14)16-11(3)17;1-10(2)16-8-11(17)9-18-14-5-3-4-13-12(14)6-7-15-13/h4-7,10,13,15,18H,8-9H2,1-3H3,(H,16,17);3-7,10-11,15-17H,8-9H2,1-2H3. The number of aromatic amines is 1. The third kappa shape index (κ3) is 12.1. The number of ether oxygens (including phenoxy) is 2. The SMILES string of the molecule is CC(=O)Nc1ccc(OCC(O)CNC(C)C)cc1.CC(C)NCC(O)COc1cccc2[nH]ccc12. The van der Waals surface area contributed by atoms with Crippen molar-refractivity contribution >= 4 is 22.5 Å². The first-order chi connectivity index (χ1) is 17.6. The first-order valence-electron chi connectivity index (χ1n) is 12.7. The van der Waals surface area contributed by atoms with Crippen molar-refractivity contribution in [3.8, 4) is 11.5 Å². The summed E-state index contributed by atoms with van der Waals surface area (Å²) in [5, 5.41) is 29.5. The van der Waals surface area contributed by atoms with Crippen LogP contribution in [0.5, 0.6) is 11.5 Å². The number of aliphatic hydroxyl groups excluding tert-OH is 2. The van der Waals surface area contributed by atoms with Gasteiger partial charge in [0.05, 0.1) is 0 Å². The second kappa shape index (κ2) is 15.9. The number of hydrogen-bond donors (Lipinski definition) is 6. The van der Waals surface area contributed by atoms with Crippen molar-refractivity contribution in [2.24, 2.45) is 0 Å². The zero-order valence-electron chi connectivity index (χ0n) is 22.5. The second-order valence-corrected chi connectivity index (χ2v) is 9.46. The number of hydrogen-bond acceptors (Lipinski definition) is 7. The normalized spacial score (nSPS) is 12.7. The maximum atomic E-state index is 10.9. The first-order valence-corrected chi connectivity index (χ1v) is 12.7. The molecule has 2 unspecified atom stereocenters. The van der Waals surface area contributed by atoms with Gasteiger partial charge in [-0.3, -0.25) is 4.79 Å². The number of benzene rings is 2. The minimum Gasteiger partial charge on any atom is -0.491 e. The molecule has 37 heavy (non-hydrogen) atoms. The van der Waals surface area contributed by atoms with Gasteiger partial charge < -0.3 is 40.6 Å². The number of carbonyl (C=O) groups is 1. The summed E-state index contributed by atoms with van der Waals surface area (Å²) >= 11 is 0. The van der Waals surface area contributed by atoms with E-state index in [4.69, 9.17) is 9.47 Å². The van der Waals surface area contributed by atoms with Crippen LogP contribution in [0.15, 0.2) is 54.7 Å². The molecule has 9 heteroatoms. The minimum absolute atomic E-state index is 0.108. The van der Waals surface area contributed by atoms with Crippen molar-refractivity contribution in [3.63, 3.8) is 0 Å². The highest BCUT2D eigenvalue weighted by molar-refractivity contribution is 5.88. The van der Waals surface area contributed by atoms with Crippen LogP contribution in [0.3, 0.4) is 0 Å². The number of nitrogens with one attached hydrogen (secondary N) is 4. The largest absolute Gasteiger partial charge is 0.491 e. The van der Waals surface area contributed by atoms with E-state index in [9.17, 15) is 15.0 Å². The number of amides is 1. The molecule has 2 aromatic carbocycles. The van der Waals surface area contributed by atoms with Crippen LogP contribution in [-0.2, 0) is 4.79 Å². The summed E-state index contributed by atoms with van der Waals surface area (Å²) in [6.07, 6.45) is 0.841. The molecule has 1 amide bonds. The van der Waals surface area contributed by atoms with Gasteiger partial charge in [0.1, 0.15) is 36.9 Å². The molecular weight excluding hydrogens is 472 g/mol. The van der Waals surface area contributed by atoms with Crippen molar-refractivity contribution in [1.29, 1.82) is 0 Å². The molecule has 9 nitrogen and oxygen atoms in total. The Bertz CT molecular complexity index is 1050. The molecule has 0 aliphatic rings. The number of H-pyrrole nitrogens is 1. The van der Waals surface area contributed by atoms with Crippen molar-refractivity contribution in [2.45, 2.75) is 58.9 Å². The Morgan fingerprint density at radius 3 is 2.03 bits per heavy atom. The van der Waals surface area contributed by atoms with E-state index < -0.39 is 12.2 Å². The molecule has 1 heterocycles. The Hall–Kier alpha value is -3.11. The van der Waals surface area contributed by atoms with E-state index >= 15 is 0 Å². The average Bonchev–Trinajstić information content (AvgIpc) is 3.34. The summed E-state index contributed by atoms with van der Waals surface area (Å²) in [7, 11) is 0. The number of fused-ring (bicyclic) bond motifs is 1. The van der Waals surface area contributed by atoms with Crippen LogP contribution in [0.25, 0.3) is 10.9 Å². The van der Waals surface area contributed by atoms with E-state index in [1.165, 1.54) is 6.92 Å². The Kier molecular flexibility index (Phi) is 12.9. The number of aromatic nitrogens is 1. The van der Waals surface area contributed by atoms with Gasteiger partial charge in [0.2, 0.25) is 5.91 Å². The van der Waals surface area contributed by atoms with Crippen molar-refractivity contribution < 1.29 is 24.5 Å². The van der Waals surface area contributed by atoms with Crippen molar-refractivity contribution in [2.75, 3.05) is 31.6 Å². The smallest absolute Gasteiger partial charge is 0.221 e. The number of anilines is 1. The fourth-order valence-corrected chi connectivity index (χ4v) is 3.26. The molecule has 6 N–H and O–H groups in total. The quantitative estimate of drug-likeness (QED) is 0.207. The van der Waals surface area contributed by atoms with Crippen LogP contribution in [0.1, 0.15) is 34.6 Å². The van der Waals surface area contributed by atoms with Crippen molar-refractivity contribution in [3.05, 3.63) is 54.7 Å². The number of carbonyl (C=O) groups excluding carboxylic acids is 1. The predicted molar refractivity (Wildman–Crippen MR) is 148 cm³/mol. The molecule has 0 spiro atoms. The zero-order valence-corrected chi connectivity index (χ0v) is 22.5. The fraction of sp³-hybridized carbons (Fsp3) is 0.464. The third-order valence-electron chi connectivity index (χ3n) is 5.13. The van der Waals surface area contributed by atoms with E-state index in [0.29, 0.717) is 37.5 Å². The van der Waals surface area contributed by atoms with Gasteiger partial charge in [-0.1, -0.05) is 33.8 Å². The molecule has 0 saturated carbocycles. The van der Waals surface area contributed by atoms with Gasteiger partial charge in [0, 0.05) is 54.9 Å². The van der Waals surface area contributed by atoms with E-state index in [2.05, 4.69) is 20.9 Å². The highest BCUT2D eigenvalue weighted by Gasteiger charge is 2.08. The van der Waals surface area contributed by atoms with Gasteiger partial charge in [-0.25, -0.2) is 0 Å². The molecule has 0 bridgehead atoms. The van der Waals surface area contributed by atoms with Gasteiger partial charge in [0.25, 0.3) is 0 Å². The first kappa shape index (κ1) is 30.1. The molecule has 0 aliphatic carbocycles. The molecule has 0 aliphatic heterocycles. The van der Waals surface area contributed by atoms with Crippen LogP contribution >= 0.6 is 0 Å². The van der Waals surface area contributed by atoms with Gasteiger partial charge in [-0.15, -0.1) is 0 Å². The summed E-state index contributed by atoms with van der Waals surface area (Å²) in [5.41, 5.74) is 1.77. The molecule has 0 saturated heterocycles. The van der Waals surface area contributed by atoms with Gasteiger partial charge in [0.15, 0.2) is 0 Å². The topological polar surface area (TPSA) is 128 Å². The number of rotatable bonds is 13. The summed E-state index contributed by atoms with van der Waals surface area (Å²) < 4.78 is 11.1. The summed E-state index contributed by atoms with van der Waals surface area (Å²) in [6.45, 7) is 11.2. The minimum atomic E-state index is -0.544. The van der Waals surface area contributed by atoms with Crippen molar-refractivity contribution in [1.82, 2.24) is 15.6 Å². The van der Waals surface area contributed by atoms with Crippen LogP contribution in [0.2, 0.25) is 0 Å². The summed E-state index contributed by atoms with van der Waals surface area (Å²) in [4.78, 5) is 14.0. The van der Waals surface area contributed by atoms with Crippen LogP contribution in [0, 0.1) is 0 Å². The van der Waals surface area contributed by atoms with Gasteiger partial charge in [-0.05, 0) is 42.5 Å². The maximum absolute atomic E-state index is 10.9. The Balaban J connectivity index is 0.000000260. The van der Waals surface area contributed by atoms with E-state index in [1.54, 1.807) is 24.3 Å². The predicted octanol–water partition coefficient (Wildman–Crippen LogP) is 3.29. The molecule has 3 rings (SSSR count). The lowest BCUT2D eigenvalue weighted by Gasteiger charge is -2.15. The van der Waals surface area contributed by atoms with Crippen LogP contribution < -0.4 is 25.4 Å². The second-order valence-electron chi connectivity index (χ2n) is 9.46. The monoisotopic (exact) mass is 514 g/mol. The maximum Gasteiger partial charge on any atom is 0.221 e. The Morgan fingerprint density at radius 1 is 0.865 bits per heavy atom. The highest BCUT2D eigenvalue weighted by atomic mass is 16.5. The average molecular weight is 515 g/mol. The Morgan fingerprint density at radius 2 is 1.46 bits per heavy atom. The van der Waals surface area contributed by atoms with Crippen LogP contribution in [0.4, 0.5) is 5.69 Å². The van der Waals surface area contributed by atoms with E-state index in [-0.39, 0.29) is 12.5 Å². The molecule has 2 atom stereocenters.